The first-order chi connectivity index (χ1) is 13.0. The van der Waals surface area contributed by atoms with Crippen LogP contribution in [-0.2, 0) is 25.6 Å². The number of aromatic hydroxyl groups is 1. The lowest BCUT2D eigenvalue weighted by molar-refractivity contribution is -0.147. The molecule has 11 nitrogen and oxygen atoms in total. The number of carboxylic acid groups (broad SMARTS) is 2. The lowest BCUT2D eigenvalue weighted by atomic mass is 10.0. The van der Waals surface area contributed by atoms with Gasteiger partial charge in [-0.3, -0.25) is 14.4 Å². The van der Waals surface area contributed by atoms with Crippen molar-refractivity contribution >= 4 is 23.8 Å². The zero-order valence-electron chi connectivity index (χ0n) is 15.0. The summed E-state index contributed by atoms with van der Waals surface area (Å²) in [5.41, 5.74) is 6.44. The van der Waals surface area contributed by atoms with Crippen LogP contribution in [0.15, 0.2) is 24.3 Å². The number of carbonyl (C=O) groups is 4. The van der Waals surface area contributed by atoms with Gasteiger partial charge in [-0.05, 0) is 31.0 Å². The summed E-state index contributed by atoms with van der Waals surface area (Å²) < 4.78 is 0. The molecule has 0 aliphatic rings. The van der Waals surface area contributed by atoms with E-state index in [2.05, 4.69) is 5.32 Å². The number of phenolic OH excluding ortho intramolecular Hbond substituents is 1. The van der Waals surface area contributed by atoms with Crippen LogP contribution in [0.3, 0.4) is 0 Å². The predicted molar refractivity (Wildman–Crippen MR) is 95.2 cm³/mol. The van der Waals surface area contributed by atoms with Gasteiger partial charge in [0.1, 0.15) is 17.8 Å². The number of rotatable bonds is 10. The van der Waals surface area contributed by atoms with Gasteiger partial charge < -0.3 is 36.8 Å². The van der Waals surface area contributed by atoms with Crippen molar-refractivity contribution in [3.05, 3.63) is 29.8 Å². The Morgan fingerprint density at radius 2 is 1.61 bits per heavy atom. The molecule has 0 saturated carbocycles. The number of nitrogens with two attached hydrogens (primary N) is 1. The molecule has 0 bridgehead atoms. The first-order valence-corrected chi connectivity index (χ1v) is 8.28. The van der Waals surface area contributed by atoms with Crippen LogP contribution in [0.4, 0.5) is 0 Å². The third-order valence-electron chi connectivity index (χ3n) is 3.78. The molecule has 0 aliphatic heterocycles. The van der Waals surface area contributed by atoms with Crippen molar-refractivity contribution in [2.24, 2.45) is 5.73 Å². The highest BCUT2D eigenvalue weighted by Gasteiger charge is 2.31. The number of carboxylic acids is 2. The monoisotopic (exact) mass is 397 g/mol. The summed E-state index contributed by atoms with van der Waals surface area (Å²) in [6.45, 7) is 1.20. The van der Waals surface area contributed by atoms with Gasteiger partial charge in [0, 0.05) is 0 Å². The van der Waals surface area contributed by atoms with Gasteiger partial charge in [-0.25, -0.2) is 4.79 Å². The van der Waals surface area contributed by atoms with Crippen LogP contribution in [0, 0.1) is 0 Å². The van der Waals surface area contributed by atoms with Gasteiger partial charge in [-0.15, -0.1) is 0 Å². The molecule has 0 fully saturated rings. The SMILES string of the molecule is C[C@@H](O)[C@H](NC(=O)[C@@H](N)Cc1ccc(O)cc1)C(=O)N[C@@H](CC(=O)O)C(=O)O. The van der Waals surface area contributed by atoms with E-state index in [-0.39, 0.29) is 12.2 Å². The molecule has 1 aromatic rings. The number of hydrogen-bond donors (Lipinski definition) is 7. The van der Waals surface area contributed by atoms with E-state index < -0.39 is 54.4 Å². The second kappa shape index (κ2) is 10.2. The van der Waals surface area contributed by atoms with Gasteiger partial charge in [-0.1, -0.05) is 12.1 Å². The molecule has 2 amide bonds. The third-order valence-corrected chi connectivity index (χ3v) is 3.78. The van der Waals surface area contributed by atoms with Crippen LogP contribution >= 0.6 is 0 Å². The van der Waals surface area contributed by atoms with Crippen molar-refractivity contribution < 1.29 is 39.6 Å². The molecule has 0 spiro atoms. The quantitative estimate of drug-likeness (QED) is 0.237. The number of amides is 2. The molecule has 1 rings (SSSR count). The Morgan fingerprint density at radius 1 is 1.04 bits per heavy atom. The average Bonchev–Trinajstić information content (AvgIpc) is 2.59. The summed E-state index contributed by atoms with van der Waals surface area (Å²) in [4.78, 5) is 46.2. The summed E-state index contributed by atoms with van der Waals surface area (Å²) in [7, 11) is 0. The molecule has 0 aliphatic carbocycles. The van der Waals surface area contributed by atoms with Crippen LogP contribution in [0.5, 0.6) is 5.75 Å². The van der Waals surface area contributed by atoms with Gasteiger partial charge in [0.15, 0.2) is 0 Å². The Hall–Kier alpha value is -3.18. The molecule has 0 unspecified atom stereocenters. The summed E-state index contributed by atoms with van der Waals surface area (Å²) in [5.74, 6) is -4.81. The number of aliphatic carboxylic acids is 2. The zero-order valence-corrected chi connectivity index (χ0v) is 15.0. The highest BCUT2D eigenvalue weighted by molar-refractivity contribution is 5.93. The molecule has 11 heteroatoms. The minimum absolute atomic E-state index is 0.0435. The van der Waals surface area contributed by atoms with E-state index in [4.69, 9.17) is 15.9 Å². The normalized spacial score (nSPS) is 15.0. The van der Waals surface area contributed by atoms with Crippen molar-refractivity contribution in [2.75, 3.05) is 0 Å². The molecule has 154 valence electrons. The van der Waals surface area contributed by atoms with E-state index in [9.17, 15) is 29.4 Å². The van der Waals surface area contributed by atoms with Crippen molar-refractivity contribution in [1.29, 1.82) is 0 Å². The van der Waals surface area contributed by atoms with Crippen LogP contribution in [-0.4, -0.2) is 68.4 Å². The van der Waals surface area contributed by atoms with Crippen LogP contribution < -0.4 is 16.4 Å². The van der Waals surface area contributed by atoms with Gasteiger partial charge >= 0.3 is 11.9 Å². The molecular weight excluding hydrogens is 374 g/mol. The van der Waals surface area contributed by atoms with Crippen molar-refractivity contribution in [3.63, 3.8) is 0 Å². The molecule has 0 heterocycles. The maximum atomic E-state index is 12.2. The number of carbonyl (C=O) groups excluding carboxylic acids is 2. The zero-order chi connectivity index (χ0) is 21.4. The fourth-order valence-corrected chi connectivity index (χ4v) is 2.28. The average molecular weight is 397 g/mol. The lowest BCUT2D eigenvalue weighted by Gasteiger charge is -2.24. The van der Waals surface area contributed by atoms with Gasteiger partial charge in [0.05, 0.1) is 18.6 Å². The van der Waals surface area contributed by atoms with E-state index in [0.29, 0.717) is 5.56 Å². The van der Waals surface area contributed by atoms with Crippen molar-refractivity contribution in [3.8, 4) is 5.75 Å². The summed E-state index contributed by atoms with van der Waals surface area (Å²) in [6, 6.07) is 1.60. The first-order valence-electron chi connectivity index (χ1n) is 8.28. The van der Waals surface area contributed by atoms with Crippen molar-refractivity contribution in [2.45, 2.75) is 44.0 Å². The van der Waals surface area contributed by atoms with Crippen LogP contribution in [0.25, 0.3) is 0 Å². The Morgan fingerprint density at radius 3 is 2.07 bits per heavy atom. The second-order valence-electron chi connectivity index (χ2n) is 6.20. The first kappa shape index (κ1) is 22.9. The maximum Gasteiger partial charge on any atom is 0.326 e. The van der Waals surface area contributed by atoms with E-state index in [1.54, 1.807) is 12.1 Å². The number of hydrogen-bond acceptors (Lipinski definition) is 7. The fraction of sp³-hybridized carbons (Fsp3) is 0.412. The second-order valence-corrected chi connectivity index (χ2v) is 6.20. The van der Waals surface area contributed by atoms with Gasteiger partial charge in [-0.2, -0.15) is 0 Å². The van der Waals surface area contributed by atoms with E-state index >= 15 is 0 Å². The largest absolute Gasteiger partial charge is 0.508 e. The van der Waals surface area contributed by atoms with Crippen molar-refractivity contribution in [1.82, 2.24) is 10.6 Å². The van der Waals surface area contributed by atoms with Gasteiger partial charge in [0.25, 0.3) is 0 Å². The van der Waals surface area contributed by atoms with Crippen LogP contribution in [0.1, 0.15) is 18.9 Å². The number of aliphatic hydroxyl groups is 1. The van der Waals surface area contributed by atoms with E-state index in [1.165, 1.54) is 19.1 Å². The van der Waals surface area contributed by atoms with Crippen LogP contribution in [0.2, 0.25) is 0 Å². The number of nitrogens with one attached hydrogen (secondary N) is 2. The number of benzene rings is 1. The minimum atomic E-state index is -1.73. The molecule has 8 N–H and O–H groups in total. The molecule has 28 heavy (non-hydrogen) atoms. The molecule has 0 aromatic heterocycles. The third kappa shape index (κ3) is 7.21. The molecule has 1 aromatic carbocycles. The fourth-order valence-electron chi connectivity index (χ4n) is 2.28. The topological polar surface area (TPSA) is 199 Å². The molecule has 0 saturated heterocycles. The molecular formula is C17H23N3O8. The van der Waals surface area contributed by atoms with E-state index in [1.807, 2.05) is 5.32 Å². The van der Waals surface area contributed by atoms with E-state index in [0.717, 1.165) is 0 Å². The summed E-state index contributed by atoms with van der Waals surface area (Å²) in [6.07, 6.45) is -2.19. The predicted octanol–water partition coefficient (Wildman–Crippen LogP) is -1.83. The Balaban J connectivity index is 2.77. The Bertz CT molecular complexity index is 720. The number of aliphatic hydroxyl groups excluding tert-OH is 1. The lowest BCUT2D eigenvalue weighted by Crippen LogP contribution is -2.58. The number of phenols is 1. The standard InChI is InChI=1S/C17H23N3O8/c1-8(21)14(16(26)19-12(17(27)28)7-13(23)24)20-15(25)11(18)6-9-2-4-10(22)5-3-9/h2-5,8,11-12,14,21-22H,6-7,18H2,1H3,(H,19,26)(H,20,25)(H,23,24)(H,27,28)/t8-,11+,12+,14+/m1/s1. The molecule has 4 atom stereocenters. The van der Waals surface area contributed by atoms with Gasteiger partial charge in [0.2, 0.25) is 11.8 Å². The molecule has 0 radical (unpaired) electrons. The highest BCUT2D eigenvalue weighted by atomic mass is 16.4. The summed E-state index contributed by atoms with van der Waals surface area (Å²) >= 11 is 0. The maximum absolute atomic E-state index is 12.2. The minimum Gasteiger partial charge on any atom is -0.508 e. The smallest absolute Gasteiger partial charge is 0.326 e. The highest BCUT2D eigenvalue weighted by Crippen LogP contribution is 2.11. The Labute approximate surface area is 160 Å². The Kier molecular flexibility index (Phi) is 8.35. The summed E-state index contributed by atoms with van der Waals surface area (Å²) in [5, 5.41) is 40.9.